The Morgan fingerprint density at radius 2 is 1.67 bits per heavy atom. The molecule has 0 nitrogen and oxygen atoms in total. The second-order valence-electron chi connectivity index (χ2n) is 1.27. The van der Waals surface area contributed by atoms with E-state index in [9.17, 15) is 0 Å². The molecule has 9 heavy (non-hydrogen) atoms. The van der Waals surface area contributed by atoms with Crippen LogP contribution in [0.3, 0.4) is 0 Å². The zero-order valence-electron chi connectivity index (χ0n) is 4.63. The van der Waals surface area contributed by atoms with E-state index in [1.807, 2.05) is 0 Å². The summed E-state index contributed by atoms with van der Waals surface area (Å²) in [5.74, 6) is 0. The SMILES string of the molecule is C=C/C(Cl)=C(/Cl)C(=C)Cl. The first-order chi connectivity index (χ1) is 4.09. The van der Waals surface area contributed by atoms with Crippen LogP contribution in [0.15, 0.2) is 34.3 Å². The molecule has 0 bridgehead atoms. The Labute approximate surface area is 69.4 Å². The maximum atomic E-state index is 5.51. The molecule has 0 rings (SSSR count). The van der Waals surface area contributed by atoms with Crippen molar-refractivity contribution >= 4 is 34.8 Å². The minimum Gasteiger partial charge on any atom is -0.0975 e. The monoisotopic (exact) mass is 182 g/mol. The zero-order chi connectivity index (χ0) is 7.44. The molecule has 0 aromatic heterocycles. The fourth-order valence-electron chi connectivity index (χ4n) is 0.219. The minimum atomic E-state index is 0.224. The van der Waals surface area contributed by atoms with Gasteiger partial charge in [-0.1, -0.05) is 48.0 Å². The van der Waals surface area contributed by atoms with E-state index in [1.54, 1.807) is 0 Å². The lowest BCUT2D eigenvalue weighted by atomic mass is 10.4. The molecule has 50 valence electrons. The van der Waals surface area contributed by atoms with Crippen LogP contribution in [0, 0.1) is 0 Å². The molecule has 0 aliphatic heterocycles. The highest BCUT2D eigenvalue weighted by atomic mass is 35.5. The van der Waals surface area contributed by atoms with E-state index in [-0.39, 0.29) is 10.1 Å². The molecule has 0 amide bonds. The largest absolute Gasteiger partial charge is 0.0975 e. The van der Waals surface area contributed by atoms with Crippen LogP contribution < -0.4 is 0 Å². The van der Waals surface area contributed by atoms with Crippen molar-refractivity contribution in [2.24, 2.45) is 0 Å². The first-order valence-electron chi connectivity index (χ1n) is 2.12. The summed E-state index contributed by atoms with van der Waals surface area (Å²) in [5.41, 5.74) is 0. The number of hydrogen-bond acceptors (Lipinski definition) is 0. The molecule has 0 aromatic carbocycles. The molecule has 0 aromatic rings. The maximum absolute atomic E-state index is 5.51. The summed E-state index contributed by atoms with van der Waals surface area (Å²) in [6.07, 6.45) is 1.40. The molecule has 0 heterocycles. The molecule has 0 atom stereocenters. The topological polar surface area (TPSA) is 0 Å². The molecule has 0 unspecified atom stereocenters. The van der Waals surface area contributed by atoms with Gasteiger partial charge in [-0.05, 0) is 6.08 Å². The van der Waals surface area contributed by atoms with E-state index in [4.69, 9.17) is 34.8 Å². The van der Waals surface area contributed by atoms with Gasteiger partial charge in [0.15, 0.2) is 0 Å². The van der Waals surface area contributed by atoms with Gasteiger partial charge in [-0.3, -0.25) is 0 Å². The van der Waals surface area contributed by atoms with Crippen LogP contribution in [0.1, 0.15) is 0 Å². The fraction of sp³-hybridized carbons (Fsp3) is 0. The van der Waals surface area contributed by atoms with Gasteiger partial charge < -0.3 is 0 Å². The van der Waals surface area contributed by atoms with Gasteiger partial charge in [0.25, 0.3) is 0 Å². The van der Waals surface area contributed by atoms with Crippen LogP contribution in [0.2, 0.25) is 0 Å². The zero-order valence-corrected chi connectivity index (χ0v) is 6.89. The predicted molar refractivity (Wildman–Crippen MR) is 43.9 cm³/mol. The lowest BCUT2D eigenvalue weighted by Gasteiger charge is -1.93. The van der Waals surface area contributed by atoms with Crippen LogP contribution in [0.4, 0.5) is 0 Å². The van der Waals surface area contributed by atoms with Crippen molar-refractivity contribution in [3.63, 3.8) is 0 Å². The standard InChI is InChI=1S/C6H5Cl3/c1-3-5(8)6(9)4(2)7/h3H,1-2H2/b6-5-. The number of allylic oxidation sites excluding steroid dienone is 4. The molecule has 0 aliphatic rings. The van der Waals surface area contributed by atoms with Gasteiger partial charge in [0.05, 0.1) is 15.1 Å². The van der Waals surface area contributed by atoms with E-state index < -0.39 is 0 Å². The lowest BCUT2D eigenvalue weighted by Crippen LogP contribution is -1.71. The predicted octanol–water partition coefficient (Wildman–Crippen LogP) is 3.61. The number of hydrogen-bond donors (Lipinski definition) is 0. The van der Waals surface area contributed by atoms with Crippen molar-refractivity contribution < 1.29 is 0 Å². The first-order valence-corrected chi connectivity index (χ1v) is 3.25. The van der Waals surface area contributed by atoms with Crippen molar-refractivity contribution in [3.05, 3.63) is 34.3 Å². The van der Waals surface area contributed by atoms with Crippen LogP contribution >= 0.6 is 34.8 Å². The Hall–Kier alpha value is 0.0900. The van der Waals surface area contributed by atoms with Gasteiger partial charge in [0.2, 0.25) is 0 Å². The van der Waals surface area contributed by atoms with Crippen molar-refractivity contribution in [3.8, 4) is 0 Å². The van der Waals surface area contributed by atoms with Gasteiger partial charge >= 0.3 is 0 Å². The van der Waals surface area contributed by atoms with Crippen molar-refractivity contribution in [1.29, 1.82) is 0 Å². The van der Waals surface area contributed by atoms with Gasteiger partial charge in [0, 0.05) is 0 Å². The van der Waals surface area contributed by atoms with Gasteiger partial charge in [-0.2, -0.15) is 0 Å². The third kappa shape index (κ3) is 2.95. The summed E-state index contributed by atoms with van der Waals surface area (Å²) in [4.78, 5) is 0. The van der Waals surface area contributed by atoms with Crippen LogP contribution in [0.25, 0.3) is 0 Å². The Bertz CT molecular complexity index is 167. The smallest absolute Gasteiger partial charge is 0.0772 e. The van der Waals surface area contributed by atoms with Crippen LogP contribution in [-0.4, -0.2) is 0 Å². The molecule has 0 aliphatic carbocycles. The van der Waals surface area contributed by atoms with Gasteiger partial charge in [0.1, 0.15) is 0 Å². The third-order valence-electron chi connectivity index (χ3n) is 0.627. The molecule has 0 saturated heterocycles. The molecule has 0 N–H and O–H groups in total. The molecule has 0 fully saturated rings. The Morgan fingerprint density at radius 1 is 1.22 bits per heavy atom. The van der Waals surface area contributed by atoms with E-state index in [0.29, 0.717) is 5.03 Å². The number of halogens is 3. The highest BCUT2D eigenvalue weighted by molar-refractivity contribution is 6.48. The summed E-state index contributed by atoms with van der Waals surface area (Å²) < 4.78 is 0. The lowest BCUT2D eigenvalue weighted by molar-refractivity contribution is 1.79. The highest BCUT2D eigenvalue weighted by Gasteiger charge is 1.98. The molecule has 3 heteroatoms. The summed E-state index contributed by atoms with van der Waals surface area (Å²) in [7, 11) is 0. The molecule has 0 spiro atoms. The molecule has 0 radical (unpaired) electrons. The third-order valence-corrected chi connectivity index (χ3v) is 1.78. The Balaban J connectivity index is 4.47. The molecule has 0 saturated carbocycles. The second-order valence-corrected chi connectivity index (χ2v) is 2.51. The van der Waals surface area contributed by atoms with Crippen molar-refractivity contribution in [2.75, 3.05) is 0 Å². The second kappa shape index (κ2) is 3.99. The van der Waals surface area contributed by atoms with E-state index in [1.165, 1.54) is 6.08 Å². The summed E-state index contributed by atoms with van der Waals surface area (Å²) >= 11 is 16.4. The normalized spacial score (nSPS) is 12.3. The molecular weight excluding hydrogens is 178 g/mol. The minimum absolute atomic E-state index is 0.224. The maximum Gasteiger partial charge on any atom is 0.0772 e. The molecular formula is C6H5Cl3. The first kappa shape index (κ1) is 9.09. The average molecular weight is 183 g/mol. The summed E-state index contributed by atoms with van der Waals surface area (Å²) in [6, 6.07) is 0. The van der Waals surface area contributed by atoms with E-state index in [2.05, 4.69) is 13.2 Å². The number of rotatable bonds is 2. The summed E-state index contributed by atoms with van der Waals surface area (Å²) in [6.45, 7) is 6.76. The van der Waals surface area contributed by atoms with Crippen molar-refractivity contribution in [2.45, 2.75) is 0 Å². The van der Waals surface area contributed by atoms with Gasteiger partial charge in [-0.15, -0.1) is 0 Å². The van der Waals surface area contributed by atoms with Crippen LogP contribution in [-0.2, 0) is 0 Å². The fourth-order valence-corrected chi connectivity index (χ4v) is 0.561. The van der Waals surface area contributed by atoms with Gasteiger partial charge in [-0.25, -0.2) is 0 Å². The quantitative estimate of drug-likeness (QED) is 0.574. The highest BCUT2D eigenvalue weighted by Crippen LogP contribution is 2.23. The average Bonchev–Trinajstić information content (AvgIpc) is 1.84. The van der Waals surface area contributed by atoms with Crippen molar-refractivity contribution in [1.82, 2.24) is 0 Å². The Morgan fingerprint density at radius 3 is 1.78 bits per heavy atom. The summed E-state index contributed by atoms with van der Waals surface area (Å²) in [5, 5.41) is 0.784. The van der Waals surface area contributed by atoms with Crippen LogP contribution in [0.5, 0.6) is 0 Å². The van der Waals surface area contributed by atoms with E-state index >= 15 is 0 Å². The van der Waals surface area contributed by atoms with E-state index in [0.717, 1.165) is 0 Å². The Kier molecular flexibility index (Phi) is 4.03.